The Labute approximate surface area is 169 Å². The SMILES string of the molecule is CO[C@@H]1O[C@@H]2CN=C(c3ccccc3)O[C@@H]2[C@@H](OC)[C@@H]1NC(=O)c1ccccc1. The van der Waals surface area contributed by atoms with Crippen LogP contribution in [0, 0.1) is 0 Å². The highest BCUT2D eigenvalue weighted by atomic mass is 16.7. The van der Waals surface area contributed by atoms with Crippen LogP contribution in [0.2, 0.25) is 0 Å². The van der Waals surface area contributed by atoms with Crippen LogP contribution in [0.4, 0.5) is 0 Å². The number of hydrogen-bond acceptors (Lipinski definition) is 6. The lowest BCUT2D eigenvalue weighted by Crippen LogP contribution is -2.66. The zero-order valence-corrected chi connectivity index (χ0v) is 16.4. The van der Waals surface area contributed by atoms with E-state index in [1.165, 1.54) is 0 Å². The minimum absolute atomic E-state index is 0.227. The summed E-state index contributed by atoms with van der Waals surface area (Å²) in [5.41, 5.74) is 1.44. The second-order valence-corrected chi connectivity index (χ2v) is 6.94. The van der Waals surface area contributed by atoms with Gasteiger partial charge in [-0.1, -0.05) is 36.4 Å². The highest BCUT2D eigenvalue weighted by Crippen LogP contribution is 2.30. The number of fused-ring (bicyclic) bond motifs is 1. The molecule has 0 saturated carbocycles. The summed E-state index contributed by atoms with van der Waals surface area (Å²) in [7, 11) is 3.14. The van der Waals surface area contributed by atoms with Crippen molar-refractivity contribution in [3.8, 4) is 0 Å². The van der Waals surface area contributed by atoms with E-state index in [4.69, 9.17) is 18.9 Å². The summed E-state index contributed by atoms with van der Waals surface area (Å²) in [5.74, 6) is 0.316. The summed E-state index contributed by atoms with van der Waals surface area (Å²) in [4.78, 5) is 17.3. The van der Waals surface area contributed by atoms with Gasteiger partial charge in [0.25, 0.3) is 5.91 Å². The first-order chi connectivity index (χ1) is 14.2. The number of aliphatic imine (C=N–C) groups is 1. The lowest BCUT2D eigenvalue weighted by atomic mass is 9.94. The lowest BCUT2D eigenvalue weighted by molar-refractivity contribution is -0.256. The van der Waals surface area contributed by atoms with Crippen molar-refractivity contribution in [1.82, 2.24) is 5.32 Å². The molecule has 2 heterocycles. The monoisotopic (exact) mass is 396 g/mol. The predicted octanol–water partition coefficient (Wildman–Crippen LogP) is 2.02. The van der Waals surface area contributed by atoms with Crippen molar-refractivity contribution in [3.05, 3.63) is 71.8 Å². The van der Waals surface area contributed by atoms with Crippen molar-refractivity contribution in [2.24, 2.45) is 4.99 Å². The van der Waals surface area contributed by atoms with Gasteiger partial charge in [0.2, 0.25) is 5.90 Å². The zero-order chi connectivity index (χ0) is 20.2. The molecule has 0 radical (unpaired) electrons. The molecule has 2 aliphatic rings. The Balaban J connectivity index is 1.57. The lowest BCUT2D eigenvalue weighted by Gasteiger charge is -2.46. The maximum atomic E-state index is 12.7. The number of benzene rings is 2. The molecule has 1 fully saturated rings. The number of nitrogens with one attached hydrogen (secondary N) is 1. The maximum absolute atomic E-state index is 12.7. The number of amides is 1. The van der Waals surface area contributed by atoms with Gasteiger partial charge in [-0.15, -0.1) is 0 Å². The summed E-state index contributed by atoms with van der Waals surface area (Å²) in [6.45, 7) is 0.425. The summed E-state index contributed by atoms with van der Waals surface area (Å²) < 4.78 is 23.5. The Bertz CT molecular complexity index is 858. The molecule has 1 amide bonds. The molecule has 4 rings (SSSR count). The van der Waals surface area contributed by atoms with Crippen LogP contribution in [0.5, 0.6) is 0 Å². The van der Waals surface area contributed by atoms with Crippen molar-refractivity contribution >= 4 is 11.8 Å². The summed E-state index contributed by atoms with van der Waals surface area (Å²) in [5, 5.41) is 2.99. The van der Waals surface area contributed by atoms with Gasteiger partial charge in [-0.05, 0) is 24.3 Å². The molecule has 0 spiro atoms. The fourth-order valence-electron chi connectivity index (χ4n) is 3.73. The van der Waals surface area contributed by atoms with E-state index in [9.17, 15) is 4.79 Å². The molecule has 1 saturated heterocycles. The third-order valence-electron chi connectivity index (χ3n) is 5.17. The van der Waals surface area contributed by atoms with E-state index in [0.29, 0.717) is 18.0 Å². The molecule has 7 heteroatoms. The number of nitrogens with zero attached hydrogens (tertiary/aromatic N) is 1. The van der Waals surface area contributed by atoms with Crippen molar-refractivity contribution in [3.63, 3.8) is 0 Å². The molecule has 2 aliphatic heterocycles. The number of carbonyl (C=O) groups is 1. The van der Waals surface area contributed by atoms with Gasteiger partial charge < -0.3 is 24.3 Å². The zero-order valence-electron chi connectivity index (χ0n) is 16.4. The van der Waals surface area contributed by atoms with E-state index in [-0.39, 0.29) is 12.0 Å². The van der Waals surface area contributed by atoms with Crippen LogP contribution in [-0.2, 0) is 18.9 Å². The molecule has 2 aromatic carbocycles. The average molecular weight is 396 g/mol. The van der Waals surface area contributed by atoms with Crippen molar-refractivity contribution in [2.45, 2.75) is 30.6 Å². The van der Waals surface area contributed by atoms with Crippen molar-refractivity contribution in [1.29, 1.82) is 0 Å². The highest BCUT2D eigenvalue weighted by Gasteiger charge is 2.50. The Morgan fingerprint density at radius 3 is 2.38 bits per heavy atom. The second-order valence-electron chi connectivity index (χ2n) is 6.94. The molecule has 0 aromatic heterocycles. The van der Waals surface area contributed by atoms with E-state index in [1.54, 1.807) is 26.4 Å². The molecule has 0 unspecified atom stereocenters. The van der Waals surface area contributed by atoms with Crippen molar-refractivity contribution in [2.75, 3.05) is 20.8 Å². The van der Waals surface area contributed by atoms with Gasteiger partial charge in [-0.3, -0.25) is 4.79 Å². The molecule has 0 bridgehead atoms. The van der Waals surface area contributed by atoms with Crippen LogP contribution < -0.4 is 5.32 Å². The molecule has 29 heavy (non-hydrogen) atoms. The topological polar surface area (TPSA) is 78.4 Å². The van der Waals surface area contributed by atoms with Gasteiger partial charge in [0.15, 0.2) is 12.4 Å². The Morgan fingerprint density at radius 1 is 1.03 bits per heavy atom. The summed E-state index contributed by atoms with van der Waals surface area (Å²) in [6.07, 6.45) is -1.91. The Hall–Kier alpha value is -2.74. The van der Waals surface area contributed by atoms with Gasteiger partial charge in [0.1, 0.15) is 18.2 Å². The number of rotatable bonds is 5. The van der Waals surface area contributed by atoms with E-state index in [1.807, 2.05) is 48.5 Å². The quantitative estimate of drug-likeness (QED) is 0.837. The number of carbonyl (C=O) groups excluding carboxylic acids is 1. The molecular weight excluding hydrogens is 372 g/mol. The fourth-order valence-corrected chi connectivity index (χ4v) is 3.73. The third-order valence-corrected chi connectivity index (χ3v) is 5.17. The van der Waals surface area contributed by atoms with Gasteiger partial charge in [-0.25, -0.2) is 4.99 Å². The van der Waals surface area contributed by atoms with Crippen LogP contribution >= 0.6 is 0 Å². The van der Waals surface area contributed by atoms with Crippen LogP contribution in [0.15, 0.2) is 65.7 Å². The van der Waals surface area contributed by atoms with Gasteiger partial charge in [0.05, 0.1) is 6.54 Å². The van der Waals surface area contributed by atoms with E-state index in [0.717, 1.165) is 5.56 Å². The van der Waals surface area contributed by atoms with Crippen LogP contribution in [0.1, 0.15) is 15.9 Å². The number of methoxy groups -OCH3 is 2. The normalized spacial score (nSPS) is 28.6. The standard InChI is InChI=1S/C22H24N2O5/c1-26-19-17(24-20(25)14-9-5-3-6-10-14)22(27-2)28-16-13-23-21(29-18(16)19)15-11-7-4-8-12-15/h3-12,16-19,22H,13H2,1-2H3,(H,24,25)/t16-,17+,18+,19+,22-/m1/s1. The van der Waals surface area contributed by atoms with Gasteiger partial charge in [0, 0.05) is 25.3 Å². The molecule has 7 nitrogen and oxygen atoms in total. The number of ether oxygens (including phenoxy) is 4. The smallest absolute Gasteiger partial charge is 0.251 e. The predicted molar refractivity (Wildman–Crippen MR) is 107 cm³/mol. The van der Waals surface area contributed by atoms with Crippen LogP contribution in [0.3, 0.4) is 0 Å². The first-order valence-corrected chi connectivity index (χ1v) is 9.54. The average Bonchev–Trinajstić information content (AvgIpc) is 2.79. The maximum Gasteiger partial charge on any atom is 0.251 e. The fraction of sp³-hybridized carbons (Fsp3) is 0.364. The first-order valence-electron chi connectivity index (χ1n) is 9.54. The second kappa shape index (κ2) is 8.73. The molecule has 2 aromatic rings. The first kappa shape index (κ1) is 19.6. The highest BCUT2D eigenvalue weighted by molar-refractivity contribution is 5.95. The minimum atomic E-state index is -0.675. The largest absolute Gasteiger partial charge is 0.468 e. The molecule has 1 N–H and O–H groups in total. The van der Waals surface area contributed by atoms with Crippen LogP contribution in [0.25, 0.3) is 0 Å². The molecule has 152 valence electrons. The molecule has 0 aliphatic carbocycles. The van der Waals surface area contributed by atoms with Crippen molar-refractivity contribution < 1.29 is 23.7 Å². The third kappa shape index (κ3) is 4.03. The minimum Gasteiger partial charge on any atom is -0.468 e. The molecule has 5 atom stereocenters. The summed E-state index contributed by atoms with van der Waals surface area (Å²) in [6, 6.07) is 18.1. The van der Waals surface area contributed by atoms with E-state index < -0.39 is 24.5 Å². The number of hydrogen-bond donors (Lipinski definition) is 1. The Morgan fingerprint density at radius 2 is 1.72 bits per heavy atom. The van der Waals surface area contributed by atoms with E-state index in [2.05, 4.69) is 10.3 Å². The van der Waals surface area contributed by atoms with E-state index >= 15 is 0 Å². The Kier molecular flexibility index (Phi) is 5.89. The van der Waals surface area contributed by atoms with Crippen LogP contribution in [-0.4, -0.2) is 63.2 Å². The molecular formula is C22H24N2O5. The summed E-state index contributed by atoms with van der Waals surface area (Å²) >= 11 is 0. The van der Waals surface area contributed by atoms with Gasteiger partial charge >= 0.3 is 0 Å². The van der Waals surface area contributed by atoms with Gasteiger partial charge in [-0.2, -0.15) is 0 Å².